The molecule has 0 atom stereocenters. The van der Waals surface area contributed by atoms with Crippen molar-refractivity contribution in [3.63, 3.8) is 0 Å². The van der Waals surface area contributed by atoms with Crippen molar-refractivity contribution in [3.8, 4) is 0 Å². The van der Waals surface area contributed by atoms with Crippen LogP contribution < -0.4 is 0 Å². The predicted molar refractivity (Wildman–Crippen MR) is 25.3 cm³/mol. The highest BCUT2D eigenvalue weighted by Gasteiger charge is 1.94. The largest absolute Gasteiger partial charge is 0.704 e. The third-order valence-electron chi connectivity index (χ3n) is 0.585. The number of hydrazine groups is 1. The topological polar surface area (TPSA) is 46.4 Å². The second kappa shape index (κ2) is 2.52. The molecular weight excluding hydrogens is 96.0 g/mol. The van der Waals surface area contributed by atoms with Crippen LogP contribution in [0.3, 0.4) is 0 Å². The van der Waals surface area contributed by atoms with E-state index in [0.29, 0.717) is 5.17 Å². The van der Waals surface area contributed by atoms with Crippen LogP contribution in [-0.2, 0) is 0 Å². The van der Waals surface area contributed by atoms with E-state index in [1.54, 1.807) is 6.92 Å². The van der Waals surface area contributed by atoms with Crippen LogP contribution in [0.25, 0.3) is 0 Å². The first-order chi connectivity index (χ1) is 3.18. The van der Waals surface area contributed by atoms with Gasteiger partial charge in [-0.05, 0) is 6.92 Å². The summed E-state index contributed by atoms with van der Waals surface area (Å²) < 4.78 is 0. The molecule has 0 aliphatic rings. The van der Waals surface area contributed by atoms with Gasteiger partial charge in [-0.25, -0.2) is 0 Å². The minimum absolute atomic E-state index is 0.208. The Labute approximate surface area is 41.9 Å². The summed E-state index contributed by atoms with van der Waals surface area (Å²) in [5.74, 6) is 0. The van der Waals surface area contributed by atoms with Crippen LogP contribution in [0.4, 0.5) is 0 Å². The Kier molecular flexibility index (Phi) is 2.29. The molecule has 0 aromatic rings. The van der Waals surface area contributed by atoms with Gasteiger partial charge in [0.25, 0.3) is 0 Å². The smallest absolute Gasteiger partial charge is 0.215 e. The van der Waals surface area contributed by atoms with Gasteiger partial charge < -0.3 is 5.21 Å². The second-order valence-electron chi connectivity index (χ2n) is 1.13. The zero-order valence-electron chi connectivity index (χ0n) is 4.42. The Hall–Kier alpha value is -0.640. The summed E-state index contributed by atoms with van der Waals surface area (Å²) in [6.45, 7) is 1.82. The van der Waals surface area contributed by atoms with Crippen molar-refractivity contribution >= 4 is 0 Å². The Balaban J connectivity index is 3.34. The Morgan fingerprint density at radius 3 is 2.29 bits per heavy atom. The van der Waals surface area contributed by atoms with Gasteiger partial charge >= 0.3 is 0 Å². The minimum Gasteiger partial charge on any atom is -0.704 e. The monoisotopic (exact) mass is 104 g/mol. The number of hydroxylamine groups is 1. The minimum atomic E-state index is 0.208. The van der Waals surface area contributed by atoms with Crippen LogP contribution in [0.15, 0.2) is 0 Å². The summed E-state index contributed by atoms with van der Waals surface area (Å²) in [7, 11) is 1.16. The maximum atomic E-state index is 10.0. The highest BCUT2D eigenvalue weighted by atomic mass is 16.6. The van der Waals surface area contributed by atoms with Gasteiger partial charge in [0.1, 0.15) is 4.87 Å². The summed E-state index contributed by atoms with van der Waals surface area (Å²) in [6, 6.07) is 0. The maximum Gasteiger partial charge on any atom is 0.215 e. The highest BCUT2D eigenvalue weighted by Crippen LogP contribution is 1.77. The van der Waals surface area contributed by atoms with Gasteiger partial charge in [-0.2, -0.15) is 5.17 Å². The van der Waals surface area contributed by atoms with E-state index in [9.17, 15) is 10.1 Å². The molecule has 0 rings (SSSR count). The van der Waals surface area contributed by atoms with Gasteiger partial charge in [0.15, 0.2) is 0 Å². The molecule has 0 radical (unpaired) electrons. The lowest BCUT2D eigenvalue weighted by atomic mass is 10.8. The van der Waals surface area contributed by atoms with Crippen molar-refractivity contribution in [2.45, 2.75) is 6.92 Å². The van der Waals surface area contributed by atoms with E-state index >= 15 is 0 Å². The van der Waals surface area contributed by atoms with Crippen molar-refractivity contribution in [1.29, 1.82) is 0 Å². The van der Waals surface area contributed by atoms with Crippen LogP contribution in [0.1, 0.15) is 6.92 Å². The van der Waals surface area contributed by atoms with Crippen molar-refractivity contribution in [2.24, 2.45) is 0 Å². The average molecular weight is 104 g/mol. The molecule has 0 aliphatic carbocycles. The van der Waals surface area contributed by atoms with E-state index in [2.05, 4.69) is 0 Å². The standard InChI is InChI=1S/C3H8N2O2/c1-3-5(7)4(2)6/h3H2,1-2H3. The average Bonchev–Trinajstić information content (AvgIpc) is 1.65. The van der Waals surface area contributed by atoms with Gasteiger partial charge in [0.2, 0.25) is 7.05 Å². The molecule has 0 amide bonds. The summed E-state index contributed by atoms with van der Waals surface area (Å²) >= 11 is 0. The fourth-order valence-corrected chi connectivity index (χ4v) is 0.199. The Morgan fingerprint density at radius 2 is 2.29 bits per heavy atom. The molecule has 0 N–H and O–H groups in total. The molecule has 42 valence electrons. The Morgan fingerprint density at radius 1 is 1.86 bits per heavy atom. The Bertz CT molecular complexity index is 73.3. The van der Waals surface area contributed by atoms with E-state index in [-0.39, 0.29) is 11.4 Å². The molecule has 0 unspecified atom stereocenters. The lowest BCUT2D eigenvalue weighted by molar-refractivity contribution is -0.670. The van der Waals surface area contributed by atoms with Crippen LogP contribution >= 0.6 is 0 Å². The third-order valence-corrected chi connectivity index (χ3v) is 0.585. The van der Waals surface area contributed by atoms with Gasteiger partial charge in [-0.1, -0.05) is 0 Å². The molecule has 0 saturated carbocycles. The zero-order chi connectivity index (χ0) is 5.86. The molecule has 0 saturated heterocycles. The molecule has 0 fully saturated rings. The lowest BCUT2D eigenvalue weighted by Gasteiger charge is -2.12. The summed E-state index contributed by atoms with van der Waals surface area (Å²) in [6.07, 6.45) is 0. The second-order valence-corrected chi connectivity index (χ2v) is 1.13. The molecular formula is C3H8N2O2. The molecule has 0 bridgehead atoms. The molecule has 0 aromatic carbocycles. The first-order valence-electron chi connectivity index (χ1n) is 2.04. The molecule has 7 heavy (non-hydrogen) atoms. The van der Waals surface area contributed by atoms with Crippen molar-refractivity contribution in [1.82, 2.24) is 5.17 Å². The van der Waals surface area contributed by atoms with E-state index in [1.165, 1.54) is 0 Å². The number of rotatable bonds is 2. The normalized spacial score (nSPS) is 8.43. The van der Waals surface area contributed by atoms with Gasteiger partial charge in [0, 0.05) is 4.91 Å². The van der Waals surface area contributed by atoms with Crippen molar-refractivity contribution in [3.05, 3.63) is 10.1 Å². The summed E-state index contributed by atoms with van der Waals surface area (Å²) in [5.41, 5.74) is 0. The van der Waals surface area contributed by atoms with E-state index < -0.39 is 0 Å². The molecule has 0 heterocycles. The quantitative estimate of drug-likeness (QED) is 0.369. The van der Waals surface area contributed by atoms with Crippen LogP contribution in [-0.4, -0.2) is 23.6 Å². The van der Waals surface area contributed by atoms with Crippen molar-refractivity contribution < 1.29 is 4.87 Å². The maximum absolute atomic E-state index is 10.0. The summed E-state index contributed by atoms with van der Waals surface area (Å²) in [4.78, 5) is 10.2. The number of nitroso groups, excluding NO2 is 1. The number of nitrogens with zero attached hydrogens (tertiary/aromatic N) is 2. The van der Waals surface area contributed by atoms with E-state index in [1.807, 2.05) is 0 Å². The lowest BCUT2D eigenvalue weighted by Crippen LogP contribution is -2.23. The number of hydrogen-bond donors (Lipinski definition) is 0. The fraction of sp³-hybridized carbons (Fsp3) is 1.00. The first-order valence-corrected chi connectivity index (χ1v) is 2.04. The van der Waals surface area contributed by atoms with Crippen LogP contribution in [0, 0.1) is 10.1 Å². The third kappa shape index (κ3) is 2.11. The first kappa shape index (κ1) is 6.36. The van der Waals surface area contributed by atoms with Crippen LogP contribution in [0.5, 0.6) is 0 Å². The predicted octanol–water partition coefficient (Wildman–Crippen LogP) is 0.130. The number of hydrogen-bond acceptors (Lipinski definition) is 2. The van der Waals surface area contributed by atoms with Gasteiger partial charge in [-0.3, -0.25) is 0 Å². The SMILES string of the molecule is CCN([O-])[N+](C)=O. The fourth-order valence-electron chi connectivity index (χ4n) is 0.199. The molecule has 0 aromatic heterocycles. The van der Waals surface area contributed by atoms with E-state index in [4.69, 9.17) is 0 Å². The molecule has 4 nitrogen and oxygen atoms in total. The van der Waals surface area contributed by atoms with Gasteiger partial charge in [-0.15, -0.1) is 0 Å². The van der Waals surface area contributed by atoms with Crippen LogP contribution in [0.2, 0.25) is 0 Å². The summed E-state index contributed by atoms with van der Waals surface area (Å²) in [5, 5.41) is 10.4. The van der Waals surface area contributed by atoms with E-state index in [0.717, 1.165) is 7.05 Å². The van der Waals surface area contributed by atoms with Crippen molar-refractivity contribution in [2.75, 3.05) is 13.6 Å². The molecule has 0 aliphatic heterocycles. The zero-order valence-corrected chi connectivity index (χ0v) is 4.42. The highest BCUT2D eigenvalue weighted by molar-refractivity contribution is 4.29. The van der Waals surface area contributed by atoms with Gasteiger partial charge in [0.05, 0.1) is 6.54 Å². The molecule has 4 heteroatoms. The molecule has 0 spiro atoms.